The zero-order chi connectivity index (χ0) is 44.0. The largest absolute Gasteiger partial charge is 0.455 e. The summed E-state index contributed by atoms with van der Waals surface area (Å²) in [5.74, 6) is 1.76. The lowest BCUT2D eigenvalue weighted by Crippen LogP contribution is -2.02. The Morgan fingerprint density at radius 1 is 0.299 bits per heavy atom. The summed E-state index contributed by atoms with van der Waals surface area (Å²) in [5, 5.41) is 9.23. The third-order valence-corrected chi connectivity index (χ3v) is 13.3. The van der Waals surface area contributed by atoms with Crippen molar-refractivity contribution in [3.63, 3.8) is 0 Å². The summed E-state index contributed by atoms with van der Waals surface area (Å²) in [6, 6.07) is 79.2. The molecule has 67 heavy (non-hydrogen) atoms. The van der Waals surface area contributed by atoms with Crippen LogP contribution < -0.4 is 0 Å². The summed E-state index contributed by atoms with van der Waals surface area (Å²) in [7, 11) is 0. The molecule has 6 nitrogen and oxygen atoms in total. The summed E-state index contributed by atoms with van der Waals surface area (Å²) >= 11 is 0. The molecule has 4 aromatic heterocycles. The van der Waals surface area contributed by atoms with Crippen molar-refractivity contribution in [1.82, 2.24) is 24.1 Å². The van der Waals surface area contributed by atoms with Crippen LogP contribution in [0, 0.1) is 0 Å². The Morgan fingerprint density at radius 3 is 1.66 bits per heavy atom. The standard InChI is InChI=1S/C61H37N5O/c1-3-16-38(17-4-1)59-62-60(41-30-33-55-51(35-41)44-22-9-12-27-53(44)65(55)42-20-5-2-6-21-42)64-61(63-59)49-32-31-43(37-50(49)48-26-15-25-47-46-24-11-14-29-57(46)67-58(47)48)66-54-28-13-10-23-45(54)52-34-39-18-7-8-19-40(39)36-56(52)66/h1-37H. The minimum Gasteiger partial charge on any atom is -0.455 e. The van der Waals surface area contributed by atoms with Gasteiger partial charge in [0.15, 0.2) is 17.5 Å². The summed E-state index contributed by atoms with van der Waals surface area (Å²) in [6.07, 6.45) is 0. The predicted molar refractivity (Wildman–Crippen MR) is 275 cm³/mol. The highest BCUT2D eigenvalue weighted by Crippen LogP contribution is 2.43. The average Bonchev–Trinajstić information content (AvgIpc) is 4.05. The Kier molecular flexibility index (Phi) is 8.18. The van der Waals surface area contributed by atoms with Gasteiger partial charge in [0.25, 0.3) is 0 Å². The van der Waals surface area contributed by atoms with E-state index in [1.807, 2.05) is 30.3 Å². The van der Waals surface area contributed by atoms with Crippen LogP contribution in [-0.2, 0) is 0 Å². The molecule has 0 radical (unpaired) electrons. The first-order valence-corrected chi connectivity index (χ1v) is 22.6. The molecule has 10 aromatic carbocycles. The van der Waals surface area contributed by atoms with E-state index in [9.17, 15) is 0 Å². The van der Waals surface area contributed by atoms with Gasteiger partial charge in [-0.1, -0.05) is 146 Å². The van der Waals surface area contributed by atoms with Crippen molar-refractivity contribution >= 4 is 76.3 Å². The minimum atomic E-state index is 0.568. The molecule has 0 fully saturated rings. The third kappa shape index (κ3) is 5.86. The molecule has 14 rings (SSSR count). The van der Waals surface area contributed by atoms with Gasteiger partial charge >= 0.3 is 0 Å². The minimum absolute atomic E-state index is 0.568. The number of hydrogen-bond acceptors (Lipinski definition) is 4. The molecule has 6 heteroatoms. The maximum Gasteiger partial charge on any atom is 0.164 e. The lowest BCUT2D eigenvalue weighted by Gasteiger charge is -2.16. The monoisotopic (exact) mass is 855 g/mol. The molecular weight excluding hydrogens is 819 g/mol. The van der Waals surface area contributed by atoms with E-state index in [-0.39, 0.29) is 0 Å². The quantitative estimate of drug-likeness (QED) is 0.167. The molecule has 0 atom stereocenters. The predicted octanol–water partition coefficient (Wildman–Crippen LogP) is 15.8. The smallest absolute Gasteiger partial charge is 0.164 e. The zero-order valence-electron chi connectivity index (χ0n) is 36.0. The van der Waals surface area contributed by atoms with Gasteiger partial charge in [-0.3, -0.25) is 0 Å². The molecule has 0 spiro atoms. The van der Waals surface area contributed by atoms with E-state index < -0.39 is 0 Å². The van der Waals surface area contributed by atoms with E-state index >= 15 is 0 Å². The summed E-state index contributed by atoms with van der Waals surface area (Å²) in [6.45, 7) is 0. The van der Waals surface area contributed by atoms with Gasteiger partial charge in [-0.05, 0) is 95.2 Å². The van der Waals surface area contributed by atoms with Gasteiger partial charge in [0.1, 0.15) is 11.2 Å². The summed E-state index contributed by atoms with van der Waals surface area (Å²) in [5.41, 5.74) is 12.9. The van der Waals surface area contributed by atoms with Crippen molar-refractivity contribution in [2.45, 2.75) is 0 Å². The van der Waals surface area contributed by atoms with E-state index in [1.54, 1.807) is 0 Å². The highest BCUT2D eigenvalue weighted by molar-refractivity contribution is 6.15. The molecule has 0 saturated carbocycles. The lowest BCUT2D eigenvalue weighted by atomic mass is 9.96. The van der Waals surface area contributed by atoms with Crippen LogP contribution in [0.5, 0.6) is 0 Å². The van der Waals surface area contributed by atoms with Crippen molar-refractivity contribution in [1.29, 1.82) is 0 Å². The third-order valence-electron chi connectivity index (χ3n) is 13.3. The highest BCUT2D eigenvalue weighted by Gasteiger charge is 2.23. The fraction of sp³-hybridized carbons (Fsp3) is 0. The van der Waals surface area contributed by atoms with E-state index in [4.69, 9.17) is 19.4 Å². The van der Waals surface area contributed by atoms with E-state index in [0.717, 1.165) is 94.0 Å². The van der Waals surface area contributed by atoms with Gasteiger partial charge in [-0.2, -0.15) is 0 Å². The molecule has 0 N–H and O–H groups in total. The normalized spacial score (nSPS) is 11.9. The molecule has 0 saturated heterocycles. The van der Waals surface area contributed by atoms with Crippen LogP contribution in [0.25, 0.3) is 133 Å². The number of hydrogen-bond donors (Lipinski definition) is 0. The van der Waals surface area contributed by atoms with Gasteiger partial charge in [-0.15, -0.1) is 0 Å². The molecular formula is C61H37N5O. The first-order valence-electron chi connectivity index (χ1n) is 22.6. The molecule has 0 amide bonds. The molecule has 0 aliphatic heterocycles. The van der Waals surface area contributed by atoms with E-state index in [0.29, 0.717) is 17.5 Å². The summed E-state index contributed by atoms with van der Waals surface area (Å²) in [4.78, 5) is 16.0. The van der Waals surface area contributed by atoms with Crippen molar-refractivity contribution in [2.75, 3.05) is 0 Å². The first-order chi connectivity index (χ1) is 33.2. The Balaban J connectivity index is 1.04. The molecule has 4 heterocycles. The second kappa shape index (κ2) is 14.7. The molecule has 312 valence electrons. The number of nitrogens with zero attached hydrogens (tertiary/aromatic N) is 5. The van der Waals surface area contributed by atoms with Crippen molar-refractivity contribution in [2.24, 2.45) is 0 Å². The molecule has 0 aliphatic carbocycles. The van der Waals surface area contributed by atoms with Gasteiger partial charge in [-0.25, -0.2) is 15.0 Å². The molecule has 0 aliphatic rings. The molecule has 14 aromatic rings. The average molecular weight is 856 g/mol. The number of rotatable bonds is 6. The van der Waals surface area contributed by atoms with Gasteiger partial charge < -0.3 is 13.6 Å². The Hall–Kier alpha value is -9.13. The van der Waals surface area contributed by atoms with Gasteiger partial charge in [0.2, 0.25) is 0 Å². The summed E-state index contributed by atoms with van der Waals surface area (Å²) < 4.78 is 11.5. The van der Waals surface area contributed by atoms with Crippen LogP contribution in [0.4, 0.5) is 0 Å². The highest BCUT2D eigenvalue weighted by atomic mass is 16.3. The van der Waals surface area contributed by atoms with Crippen LogP contribution in [0.2, 0.25) is 0 Å². The van der Waals surface area contributed by atoms with Crippen LogP contribution in [0.15, 0.2) is 229 Å². The van der Waals surface area contributed by atoms with Crippen LogP contribution in [-0.4, -0.2) is 24.1 Å². The number of fused-ring (bicyclic) bond motifs is 10. The Bertz CT molecular complexity index is 4280. The SMILES string of the molecule is c1ccc(-c2nc(-c3ccc4c(c3)c3ccccc3n4-c3ccccc3)nc(-c3ccc(-n4c5ccccc5c5cc6ccccc6cc54)cc3-c3cccc4c3oc3ccccc34)n2)cc1. The number of para-hydroxylation sites is 5. The number of aromatic nitrogens is 5. The zero-order valence-corrected chi connectivity index (χ0v) is 36.0. The maximum atomic E-state index is 6.78. The Morgan fingerprint density at radius 2 is 0.881 bits per heavy atom. The van der Waals surface area contributed by atoms with Crippen molar-refractivity contribution in [3.05, 3.63) is 224 Å². The van der Waals surface area contributed by atoms with Crippen LogP contribution in [0.1, 0.15) is 0 Å². The topological polar surface area (TPSA) is 61.7 Å². The van der Waals surface area contributed by atoms with E-state index in [1.165, 1.54) is 21.5 Å². The van der Waals surface area contributed by atoms with E-state index in [2.05, 4.69) is 203 Å². The molecule has 0 unspecified atom stereocenters. The van der Waals surface area contributed by atoms with Crippen molar-refractivity contribution < 1.29 is 4.42 Å². The van der Waals surface area contributed by atoms with Crippen LogP contribution in [0.3, 0.4) is 0 Å². The fourth-order valence-corrected chi connectivity index (χ4v) is 10.3. The fourth-order valence-electron chi connectivity index (χ4n) is 10.3. The number of benzene rings is 10. The first kappa shape index (κ1) is 37.3. The molecule has 0 bridgehead atoms. The second-order valence-corrected chi connectivity index (χ2v) is 17.2. The van der Waals surface area contributed by atoms with Gasteiger partial charge in [0.05, 0.1) is 22.1 Å². The van der Waals surface area contributed by atoms with Crippen molar-refractivity contribution in [3.8, 4) is 56.7 Å². The van der Waals surface area contributed by atoms with Crippen LogP contribution >= 0.6 is 0 Å². The van der Waals surface area contributed by atoms with Gasteiger partial charge in [0, 0.05) is 65.9 Å². The maximum absolute atomic E-state index is 6.78. The lowest BCUT2D eigenvalue weighted by molar-refractivity contribution is 0.670. The number of furan rings is 1. The Labute approximate surface area is 384 Å². The second-order valence-electron chi connectivity index (χ2n) is 17.2.